The molecule has 0 unspecified atom stereocenters. The summed E-state index contributed by atoms with van der Waals surface area (Å²) in [5.74, 6) is 0. The summed E-state index contributed by atoms with van der Waals surface area (Å²) in [6, 6.07) is 74.9. The minimum atomic E-state index is 0.841. The standard InChI is InChI=1S/C54H35NO2/c1-4-14-36(15-5-1)37-26-30-41(31-27-37)55(49-24-13-23-47-46-22-12-21-44(52(46)57-53(47)49)38-16-6-2-7-17-38)42-32-28-39(29-33-42)43-34-35-48-45-20-10-11-25-50(45)56-54(48)51(43)40-18-8-3-9-19-40/h1-35H. The number of hydrogen-bond acceptors (Lipinski definition) is 3. The molecule has 0 saturated heterocycles. The van der Waals surface area contributed by atoms with Crippen LogP contribution in [0.1, 0.15) is 0 Å². The fourth-order valence-electron chi connectivity index (χ4n) is 8.40. The maximum Gasteiger partial charge on any atom is 0.159 e. The lowest BCUT2D eigenvalue weighted by Gasteiger charge is -2.26. The SMILES string of the molecule is c1ccc(-c2ccc(N(c3ccc(-c4ccc5c(oc6ccccc65)c4-c4ccccc4)cc3)c3cccc4c3oc3c(-c5ccccc5)cccc34)cc2)cc1. The molecule has 0 aliphatic heterocycles. The normalized spacial score (nSPS) is 11.5. The highest BCUT2D eigenvalue weighted by Crippen LogP contribution is 2.46. The predicted octanol–water partition coefficient (Wildman–Crippen LogP) is 15.6. The van der Waals surface area contributed by atoms with Gasteiger partial charge in [0.2, 0.25) is 0 Å². The van der Waals surface area contributed by atoms with Crippen LogP contribution < -0.4 is 4.90 Å². The van der Waals surface area contributed by atoms with Gasteiger partial charge in [0, 0.05) is 44.0 Å². The summed E-state index contributed by atoms with van der Waals surface area (Å²) in [6.45, 7) is 0. The van der Waals surface area contributed by atoms with Crippen LogP contribution in [0.3, 0.4) is 0 Å². The largest absolute Gasteiger partial charge is 0.455 e. The van der Waals surface area contributed by atoms with Crippen LogP contribution in [0.4, 0.5) is 17.1 Å². The van der Waals surface area contributed by atoms with Gasteiger partial charge in [0.1, 0.15) is 16.7 Å². The molecule has 0 N–H and O–H groups in total. The predicted molar refractivity (Wildman–Crippen MR) is 237 cm³/mol. The lowest BCUT2D eigenvalue weighted by molar-refractivity contribution is 0.670. The summed E-state index contributed by atoms with van der Waals surface area (Å²) >= 11 is 0. The number of rotatable bonds is 7. The molecule has 11 rings (SSSR count). The van der Waals surface area contributed by atoms with Crippen LogP contribution in [-0.2, 0) is 0 Å². The van der Waals surface area contributed by atoms with E-state index in [1.165, 1.54) is 11.1 Å². The van der Waals surface area contributed by atoms with Gasteiger partial charge in [0.05, 0.1) is 5.69 Å². The van der Waals surface area contributed by atoms with Crippen molar-refractivity contribution in [2.45, 2.75) is 0 Å². The summed E-state index contributed by atoms with van der Waals surface area (Å²) in [7, 11) is 0. The smallest absolute Gasteiger partial charge is 0.159 e. The zero-order chi connectivity index (χ0) is 37.7. The first-order valence-corrected chi connectivity index (χ1v) is 19.3. The fourth-order valence-corrected chi connectivity index (χ4v) is 8.40. The Kier molecular flexibility index (Phi) is 7.82. The average molecular weight is 730 g/mol. The Hall–Kier alpha value is -7.62. The molecule has 11 aromatic rings. The van der Waals surface area contributed by atoms with E-state index < -0.39 is 0 Å². The quantitative estimate of drug-likeness (QED) is 0.164. The van der Waals surface area contributed by atoms with Crippen LogP contribution in [0.2, 0.25) is 0 Å². The van der Waals surface area contributed by atoms with Gasteiger partial charge in [-0.15, -0.1) is 0 Å². The van der Waals surface area contributed by atoms with Crippen LogP contribution in [-0.4, -0.2) is 0 Å². The molecule has 2 heterocycles. The molecule has 0 spiro atoms. The van der Waals surface area contributed by atoms with Crippen LogP contribution in [0.5, 0.6) is 0 Å². The van der Waals surface area contributed by atoms with E-state index in [4.69, 9.17) is 8.83 Å². The highest BCUT2D eigenvalue weighted by Gasteiger charge is 2.22. The van der Waals surface area contributed by atoms with Crippen molar-refractivity contribution in [1.82, 2.24) is 0 Å². The molecule has 57 heavy (non-hydrogen) atoms. The maximum absolute atomic E-state index is 6.96. The van der Waals surface area contributed by atoms with Gasteiger partial charge in [-0.25, -0.2) is 0 Å². The van der Waals surface area contributed by atoms with E-state index in [1.807, 2.05) is 18.2 Å². The molecule has 3 heteroatoms. The highest BCUT2D eigenvalue weighted by atomic mass is 16.3. The van der Waals surface area contributed by atoms with Crippen molar-refractivity contribution in [3.8, 4) is 44.5 Å². The third-order valence-corrected chi connectivity index (χ3v) is 11.1. The minimum Gasteiger partial charge on any atom is -0.455 e. The van der Waals surface area contributed by atoms with Crippen molar-refractivity contribution < 1.29 is 8.83 Å². The first-order valence-electron chi connectivity index (χ1n) is 19.3. The highest BCUT2D eigenvalue weighted by molar-refractivity contribution is 6.14. The average Bonchev–Trinajstić information content (AvgIpc) is 3.87. The third-order valence-electron chi connectivity index (χ3n) is 11.1. The second-order valence-electron chi connectivity index (χ2n) is 14.4. The van der Waals surface area contributed by atoms with E-state index in [0.29, 0.717) is 0 Å². The number of nitrogens with zero attached hydrogens (tertiary/aromatic N) is 1. The Labute approximate surface area is 330 Å². The van der Waals surface area contributed by atoms with Gasteiger partial charge in [-0.2, -0.15) is 0 Å². The van der Waals surface area contributed by atoms with Crippen molar-refractivity contribution in [2.24, 2.45) is 0 Å². The van der Waals surface area contributed by atoms with Crippen molar-refractivity contribution in [1.29, 1.82) is 0 Å². The van der Waals surface area contributed by atoms with Crippen molar-refractivity contribution in [3.05, 3.63) is 212 Å². The minimum absolute atomic E-state index is 0.841. The number of furan rings is 2. The molecule has 2 aromatic heterocycles. The Bertz CT molecular complexity index is 3200. The molecule has 0 radical (unpaired) electrons. The summed E-state index contributed by atoms with van der Waals surface area (Å²) in [4.78, 5) is 2.31. The Morgan fingerprint density at radius 2 is 0.789 bits per heavy atom. The summed E-state index contributed by atoms with van der Waals surface area (Å²) in [5.41, 5.74) is 15.5. The van der Waals surface area contributed by atoms with E-state index >= 15 is 0 Å². The van der Waals surface area contributed by atoms with E-state index in [-0.39, 0.29) is 0 Å². The molecule has 0 aliphatic rings. The fraction of sp³-hybridized carbons (Fsp3) is 0. The third kappa shape index (κ3) is 5.60. The molecule has 268 valence electrons. The van der Waals surface area contributed by atoms with Gasteiger partial charge in [0.15, 0.2) is 5.58 Å². The Balaban J connectivity index is 1.08. The molecule has 0 atom stereocenters. The molecule has 0 saturated carbocycles. The van der Waals surface area contributed by atoms with E-state index in [2.05, 4.69) is 199 Å². The number of benzene rings is 9. The second kappa shape index (κ2) is 13.6. The number of fused-ring (bicyclic) bond motifs is 6. The zero-order valence-electron chi connectivity index (χ0n) is 31.0. The van der Waals surface area contributed by atoms with Crippen molar-refractivity contribution in [2.75, 3.05) is 4.90 Å². The molecular weight excluding hydrogens is 695 g/mol. The Morgan fingerprint density at radius 1 is 0.281 bits per heavy atom. The van der Waals surface area contributed by atoms with Gasteiger partial charge >= 0.3 is 0 Å². The summed E-state index contributed by atoms with van der Waals surface area (Å²) < 4.78 is 13.6. The molecule has 0 aliphatic carbocycles. The topological polar surface area (TPSA) is 29.5 Å². The van der Waals surface area contributed by atoms with Crippen molar-refractivity contribution >= 4 is 60.9 Å². The molecule has 3 nitrogen and oxygen atoms in total. The second-order valence-corrected chi connectivity index (χ2v) is 14.4. The van der Waals surface area contributed by atoms with Crippen LogP contribution >= 0.6 is 0 Å². The zero-order valence-corrected chi connectivity index (χ0v) is 31.0. The Morgan fingerprint density at radius 3 is 1.49 bits per heavy atom. The number of para-hydroxylation sites is 3. The number of hydrogen-bond donors (Lipinski definition) is 0. The van der Waals surface area contributed by atoms with Gasteiger partial charge in [-0.05, 0) is 75.8 Å². The molecule has 0 amide bonds. The molecule has 0 fully saturated rings. The lowest BCUT2D eigenvalue weighted by Crippen LogP contribution is -2.10. The molecule has 0 bridgehead atoms. The van der Waals surface area contributed by atoms with E-state index in [0.717, 1.165) is 94.3 Å². The molecular formula is C54H35NO2. The van der Waals surface area contributed by atoms with Crippen LogP contribution in [0, 0.1) is 0 Å². The first-order chi connectivity index (χ1) is 28.3. The molecule has 9 aromatic carbocycles. The van der Waals surface area contributed by atoms with E-state index in [1.54, 1.807) is 0 Å². The van der Waals surface area contributed by atoms with E-state index in [9.17, 15) is 0 Å². The summed E-state index contributed by atoms with van der Waals surface area (Å²) in [6.07, 6.45) is 0. The van der Waals surface area contributed by atoms with Gasteiger partial charge < -0.3 is 13.7 Å². The summed E-state index contributed by atoms with van der Waals surface area (Å²) in [5, 5.41) is 4.41. The first kappa shape index (κ1) is 32.8. The monoisotopic (exact) mass is 729 g/mol. The van der Waals surface area contributed by atoms with Crippen molar-refractivity contribution in [3.63, 3.8) is 0 Å². The van der Waals surface area contributed by atoms with Crippen LogP contribution in [0.25, 0.3) is 88.4 Å². The van der Waals surface area contributed by atoms with Crippen LogP contribution in [0.15, 0.2) is 221 Å². The number of anilines is 3. The maximum atomic E-state index is 6.96. The van der Waals surface area contributed by atoms with Gasteiger partial charge in [-0.1, -0.05) is 170 Å². The van der Waals surface area contributed by atoms with Gasteiger partial charge in [0.25, 0.3) is 0 Å². The lowest BCUT2D eigenvalue weighted by atomic mass is 9.92. The van der Waals surface area contributed by atoms with Gasteiger partial charge in [-0.3, -0.25) is 0 Å².